The maximum Gasteiger partial charge on any atom is 0.170 e. The van der Waals surface area contributed by atoms with Crippen molar-refractivity contribution in [3.63, 3.8) is 0 Å². The van der Waals surface area contributed by atoms with Gasteiger partial charge in [-0.25, -0.2) is 0 Å². The number of aromatic nitrogens is 4. The Bertz CT molecular complexity index is 553. The molecule has 0 spiro atoms. The quantitative estimate of drug-likeness (QED) is 0.665. The molecule has 8 heteroatoms. The minimum Gasteiger partial charge on any atom is -0.390 e. The van der Waals surface area contributed by atoms with Gasteiger partial charge in [0.15, 0.2) is 6.29 Å². The zero-order valence-corrected chi connectivity index (χ0v) is 15.4. The van der Waals surface area contributed by atoms with E-state index < -0.39 is 0 Å². The van der Waals surface area contributed by atoms with E-state index in [9.17, 15) is 4.79 Å². The van der Waals surface area contributed by atoms with E-state index in [1.165, 1.54) is 0 Å². The molecule has 0 bridgehead atoms. The summed E-state index contributed by atoms with van der Waals surface area (Å²) in [7, 11) is 0. The lowest BCUT2D eigenvalue weighted by atomic mass is 10.4. The van der Waals surface area contributed by atoms with Crippen LogP contribution in [0.5, 0.6) is 0 Å². The molecule has 130 valence electrons. The van der Waals surface area contributed by atoms with Crippen LogP contribution in [0.2, 0.25) is 0 Å². The van der Waals surface area contributed by atoms with Crippen molar-refractivity contribution in [2.75, 3.05) is 5.34 Å². The number of aliphatic hydroxyl groups is 1. The Morgan fingerprint density at radius 3 is 1.83 bits per heavy atom. The molecule has 0 saturated heterocycles. The molecule has 0 atom stereocenters. The molecule has 0 unspecified atom stereocenters. The van der Waals surface area contributed by atoms with Crippen LogP contribution in [0.3, 0.4) is 0 Å². The summed E-state index contributed by atoms with van der Waals surface area (Å²) in [4.78, 5) is 10.2. The highest BCUT2D eigenvalue weighted by molar-refractivity contribution is 6.40. The molecule has 0 aromatic carbocycles. The third-order valence-corrected chi connectivity index (χ3v) is 2.63. The summed E-state index contributed by atoms with van der Waals surface area (Å²) in [5.74, 6) is 0. The Labute approximate surface area is 147 Å². The van der Waals surface area contributed by atoms with Crippen molar-refractivity contribution >= 4 is 29.5 Å². The fourth-order valence-corrected chi connectivity index (χ4v) is 1.45. The van der Waals surface area contributed by atoms with Gasteiger partial charge in [0.1, 0.15) is 5.69 Å². The molecule has 0 amide bonds. The molecule has 1 N–H and O–H groups in total. The van der Waals surface area contributed by atoms with Crippen molar-refractivity contribution in [3.05, 3.63) is 35.9 Å². The SMILES string of the molecule is CC(C)n1ccc(C=O)n1.CC(C)n1ccc(CO)n1.ClCCl. The van der Waals surface area contributed by atoms with Gasteiger partial charge >= 0.3 is 0 Å². The second-order valence-electron chi connectivity index (χ2n) is 5.07. The molecule has 0 aliphatic rings. The maximum atomic E-state index is 10.2. The van der Waals surface area contributed by atoms with E-state index in [0.717, 1.165) is 12.0 Å². The number of halogens is 2. The first-order valence-corrected chi connectivity index (χ1v) is 8.23. The van der Waals surface area contributed by atoms with E-state index in [1.54, 1.807) is 16.9 Å². The number of aliphatic hydroxyl groups excluding tert-OH is 1. The summed E-state index contributed by atoms with van der Waals surface area (Å²) in [6, 6.07) is 4.22. The van der Waals surface area contributed by atoms with Crippen molar-refractivity contribution in [2.24, 2.45) is 0 Å². The van der Waals surface area contributed by atoms with Gasteiger partial charge in [-0.2, -0.15) is 10.2 Å². The number of nitrogens with zero attached hydrogens (tertiary/aromatic N) is 4. The van der Waals surface area contributed by atoms with Crippen LogP contribution in [0.4, 0.5) is 0 Å². The zero-order chi connectivity index (χ0) is 17.8. The Morgan fingerprint density at radius 2 is 1.57 bits per heavy atom. The third kappa shape index (κ3) is 8.74. The van der Waals surface area contributed by atoms with Crippen LogP contribution in [0.15, 0.2) is 24.5 Å². The highest BCUT2D eigenvalue weighted by atomic mass is 35.5. The van der Waals surface area contributed by atoms with E-state index in [0.29, 0.717) is 17.8 Å². The number of hydrogen-bond acceptors (Lipinski definition) is 4. The van der Waals surface area contributed by atoms with Gasteiger partial charge in [-0.15, -0.1) is 23.2 Å². The smallest absolute Gasteiger partial charge is 0.170 e. The van der Waals surface area contributed by atoms with Crippen LogP contribution < -0.4 is 0 Å². The largest absolute Gasteiger partial charge is 0.390 e. The fraction of sp³-hybridized carbons (Fsp3) is 0.533. The molecule has 2 aromatic rings. The van der Waals surface area contributed by atoms with E-state index >= 15 is 0 Å². The van der Waals surface area contributed by atoms with Crippen LogP contribution in [-0.4, -0.2) is 36.3 Å². The lowest BCUT2D eigenvalue weighted by molar-refractivity contribution is 0.111. The van der Waals surface area contributed by atoms with Gasteiger partial charge in [0.05, 0.1) is 17.6 Å². The standard InChI is InChI=1S/C7H12N2O.C7H10N2O.CH2Cl2/c2*1-6(2)9-4-3-7(5-10)8-9;2-1-3/h3-4,6,10H,5H2,1-2H3;3-6H,1-2H3;1H2. The van der Waals surface area contributed by atoms with Gasteiger partial charge in [-0.05, 0) is 39.8 Å². The Hall–Kier alpha value is -1.37. The molecular weight excluding hydrogens is 339 g/mol. The molecule has 0 saturated carbocycles. The molecule has 0 radical (unpaired) electrons. The predicted octanol–water partition coefficient (Wildman–Crippen LogP) is 3.65. The lowest BCUT2D eigenvalue weighted by Crippen LogP contribution is -2.01. The number of hydrogen-bond donors (Lipinski definition) is 1. The third-order valence-electron chi connectivity index (χ3n) is 2.63. The molecule has 2 aromatic heterocycles. The van der Waals surface area contributed by atoms with Crippen molar-refractivity contribution in [1.29, 1.82) is 0 Å². The van der Waals surface area contributed by atoms with Crippen molar-refractivity contribution in [2.45, 2.75) is 46.4 Å². The summed E-state index contributed by atoms with van der Waals surface area (Å²) in [6.45, 7) is 8.16. The normalized spacial score (nSPS) is 9.96. The van der Waals surface area contributed by atoms with Crippen LogP contribution in [0, 0.1) is 0 Å². The monoisotopic (exact) mass is 362 g/mol. The minimum absolute atomic E-state index is 0.0275. The molecule has 0 fully saturated rings. The number of carbonyl (C=O) groups is 1. The van der Waals surface area contributed by atoms with Crippen LogP contribution in [0.1, 0.15) is 56.0 Å². The molecule has 23 heavy (non-hydrogen) atoms. The lowest BCUT2D eigenvalue weighted by Gasteiger charge is -2.02. The Kier molecular flexibility index (Phi) is 11.4. The Balaban J connectivity index is 0.000000360. The fourth-order valence-electron chi connectivity index (χ4n) is 1.45. The van der Waals surface area contributed by atoms with Crippen molar-refractivity contribution in [3.8, 4) is 0 Å². The van der Waals surface area contributed by atoms with Gasteiger partial charge in [-0.1, -0.05) is 0 Å². The average Bonchev–Trinajstić information content (AvgIpc) is 3.18. The predicted molar refractivity (Wildman–Crippen MR) is 93.1 cm³/mol. The van der Waals surface area contributed by atoms with E-state index in [2.05, 4.69) is 10.2 Å². The number of carbonyl (C=O) groups excluding carboxylic acids is 1. The van der Waals surface area contributed by atoms with Crippen molar-refractivity contribution in [1.82, 2.24) is 19.6 Å². The van der Waals surface area contributed by atoms with Crippen LogP contribution >= 0.6 is 23.2 Å². The highest BCUT2D eigenvalue weighted by Crippen LogP contribution is 2.03. The van der Waals surface area contributed by atoms with Crippen LogP contribution in [0.25, 0.3) is 0 Å². The molecule has 2 heterocycles. The van der Waals surface area contributed by atoms with E-state index in [-0.39, 0.29) is 11.9 Å². The molecule has 2 rings (SSSR count). The first-order chi connectivity index (χ1) is 10.9. The molecular formula is C15H24Cl2N4O2. The van der Waals surface area contributed by atoms with Gasteiger partial charge in [0, 0.05) is 24.5 Å². The van der Waals surface area contributed by atoms with Crippen molar-refractivity contribution < 1.29 is 9.90 Å². The molecule has 0 aliphatic heterocycles. The summed E-state index contributed by atoms with van der Waals surface area (Å²) in [5.41, 5.74) is 1.22. The topological polar surface area (TPSA) is 72.9 Å². The highest BCUT2D eigenvalue weighted by Gasteiger charge is 1.99. The zero-order valence-electron chi connectivity index (χ0n) is 13.9. The summed E-state index contributed by atoms with van der Waals surface area (Å²) >= 11 is 9.53. The summed E-state index contributed by atoms with van der Waals surface area (Å²) in [5, 5.41) is 16.9. The second-order valence-corrected chi connectivity index (χ2v) is 5.88. The molecule has 0 aliphatic carbocycles. The Morgan fingerprint density at radius 1 is 1.09 bits per heavy atom. The van der Waals surface area contributed by atoms with E-state index in [1.807, 2.05) is 44.6 Å². The number of aldehydes is 1. The first kappa shape index (κ1) is 21.6. The number of rotatable bonds is 4. The van der Waals surface area contributed by atoms with Gasteiger partial charge in [0.2, 0.25) is 0 Å². The minimum atomic E-state index is 0.0275. The van der Waals surface area contributed by atoms with Crippen LogP contribution in [-0.2, 0) is 6.61 Å². The van der Waals surface area contributed by atoms with Gasteiger partial charge in [-0.3, -0.25) is 14.2 Å². The van der Waals surface area contributed by atoms with E-state index in [4.69, 9.17) is 28.3 Å². The number of alkyl halides is 2. The summed E-state index contributed by atoms with van der Waals surface area (Å²) < 4.78 is 3.58. The molecule has 6 nitrogen and oxygen atoms in total. The van der Waals surface area contributed by atoms with Gasteiger partial charge < -0.3 is 5.11 Å². The maximum absolute atomic E-state index is 10.2. The van der Waals surface area contributed by atoms with Gasteiger partial charge in [0.25, 0.3) is 0 Å². The summed E-state index contributed by atoms with van der Waals surface area (Å²) in [6.07, 6.45) is 4.42. The average molecular weight is 363 g/mol. The first-order valence-electron chi connectivity index (χ1n) is 7.16. The second kappa shape index (κ2) is 12.1.